The maximum atomic E-state index is 11.2. The molecular formula is C9H19NO3S. The first kappa shape index (κ1) is 13.7. The molecule has 0 aromatic heterocycles. The SMILES string of the molecule is CCOCCOC(=O)[C@H](N)CCSC. The second-order valence-electron chi connectivity index (χ2n) is 2.75. The molecule has 0 aromatic rings. The Morgan fingerprint density at radius 1 is 1.50 bits per heavy atom. The first-order valence-corrected chi connectivity index (χ1v) is 6.10. The van der Waals surface area contributed by atoms with Crippen molar-refractivity contribution in [3.63, 3.8) is 0 Å². The first-order valence-electron chi connectivity index (χ1n) is 4.71. The topological polar surface area (TPSA) is 61.5 Å². The molecule has 0 bridgehead atoms. The third-order valence-electron chi connectivity index (χ3n) is 1.61. The molecule has 0 spiro atoms. The van der Waals surface area contributed by atoms with Gasteiger partial charge in [0.1, 0.15) is 12.6 Å². The zero-order valence-electron chi connectivity index (χ0n) is 8.82. The van der Waals surface area contributed by atoms with Crippen LogP contribution < -0.4 is 5.73 Å². The molecule has 0 saturated heterocycles. The van der Waals surface area contributed by atoms with Gasteiger partial charge in [-0.05, 0) is 25.4 Å². The van der Waals surface area contributed by atoms with Gasteiger partial charge in [0, 0.05) is 6.61 Å². The van der Waals surface area contributed by atoms with E-state index in [-0.39, 0.29) is 5.97 Å². The van der Waals surface area contributed by atoms with Gasteiger partial charge in [0.25, 0.3) is 0 Å². The van der Waals surface area contributed by atoms with Crippen LogP contribution in [-0.4, -0.2) is 43.8 Å². The fraction of sp³-hybridized carbons (Fsp3) is 0.889. The van der Waals surface area contributed by atoms with Gasteiger partial charge in [0.2, 0.25) is 0 Å². The lowest BCUT2D eigenvalue weighted by molar-refractivity contribution is -0.146. The minimum Gasteiger partial charge on any atom is -0.462 e. The van der Waals surface area contributed by atoms with Gasteiger partial charge in [-0.25, -0.2) is 0 Å². The van der Waals surface area contributed by atoms with Crippen LogP contribution in [0.25, 0.3) is 0 Å². The van der Waals surface area contributed by atoms with Crippen LogP contribution in [0, 0.1) is 0 Å². The summed E-state index contributed by atoms with van der Waals surface area (Å²) in [6, 6.07) is -0.496. The van der Waals surface area contributed by atoms with Crippen molar-refractivity contribution in [3.05, 3.63) is 0 Å². The molecule has 0 aliphatic carbocycles. The predicted octanol–water partition coefficient (Wildman–Crippen LogP) is 0.646. The van der Waals surface area contributed by atoms with Gasteiger partial charge in [-0.2, -0.15) is 11.8 Å². The van der Waals surface area contributed by atoms with E-state index < -0.39 is 6.04 Å². The Labute approximate surface area is 89.5 Å². The molecule has 0 amide bonds. The van der Waals surface area contributed by atoms with Gasteiger partial charge in [-0.1, -0.05) is 0 Å². The second-order valence-corrected chi connectivity index (χ2v) is 3.74. The molecule has 14 heavy (non-hydrogen) atoms. The molecule has 0 heterocycles. The fourth-order valence-corrected chi connectivity index (χ4v) is 1.30. The summed E-state index contributed by atoms with van der Waals surface area (Å²) in [6.07, 6.45) is 2.64. The largest absolute Gasteiger partial charge is 0.462 e. The van der Waals surface area contributed by atoms with Gasteiger partial charge in [0.15, 0.2) is 0 Å². The highest BCUT2D eigenvalue weighted by molar-refractivity contribution is 7.98. The molecule has 0 rings (SSSR count). The van der Waals surface area contributed by atoms with Crippen molar-refractivity contribution >= 4 is 17.7 Å². The standard InChI is InChI=1S/C9H19NO3S/c1-3-12-5-6-13-9(11)8(10)4-7-14-2/h8H,3-7,10H2,1-2H3/t8-/m1/s1. The number of carbonyl (C=O) groups is 1. The Hall–Kier alpha value is -0.260. The molecule has 0 radical (unpaired) electrons. The van der Waals surface area contributed by atoms with E-state index in [0.29, 0.717) is 26.2 Å². The van der Waals surface area contributed by atoms with Crippen molar-refractivity contribution in [3.8, 4) is 0 Å². The van der Waals surface area contributed by atoms with Crippen molar-refractivity contribution in [2.75, 3.05) is 31.8 Å². The van der Waals surface area contributed by atoms with E-state index in [1.165, 1.54) is 0 Å². The highest BCUT2D eigenvalue weighted by Crippen LogP contribution is 2.00. The zero-order valence-corrected chi connectivity index (χ0v) is 9.64. The van der Waals surface area contributed by atoms with Gasteiger partial charge in [-0.3, -0.25) is 4.79 Å². The van der Waals surface area contributed by atoms with Crippen LogP contribution >= 0.6 is 11.8 Å². The molecule has 0 fully saturated rings. The molecule has 4 nitrogen and oxygen atoms in total. The maximum absolute atomic E-state index is 11.2. The summed E-state index contributed by atoms with van der Waals surface area (Å²) in [5.74, 6) is 0.542. The summed E-state index contributed by atoms with van der Waals surface area (Å²) in [5, 5.41) is 0. The molecular weight excluding hydrogens is 202 g/mol. The number of hydrogen-bond donors (Lipinski definition) is 1. The van der Waals surface area contributed by atoms with Crippen LogP contribution in [0.5, 0.6) is 0 Å². The van der Waals surface area contributed by atoms with E-state index >= 15 is 0 Å². The van der Waals surface area contributed by atoms with E-state index in [2.05, 4.69) is 0 Å². The molecule has 2 N–H and O–H groups in total. The number of carbonyl (C=O) groups excluding carboxylic acids is 1. The number of ether oxygens (including phenoxy) is 2. The summed E-state index contributed by atoms with van der Waals surface area (Å²) in [6.45, 7) is 3.26. The normalized spacial score (nSPS) is 12.5. The van der Waals surface area contributed by atoms with Crippen LogP contribution in [0.3, 0.4) is 0 Å². The quantitative estimate of drug-likeness (QED) is 0.481. The predicted molar refractivity (Wildman–Crippen MR) is 58.4 cm³/mol. The van der Waals surface area contributed by atoms with Crippen molar-refractivity contribution < 1.29 is 14.3 Å². The Kier molecular flexibility index (Phi) is 9.13. The Bertz CT molecular complexity index is 155. The molecule has 0 aromatic carbocycles. The number of esters is 1. The van der Waals surface area contributed by atoms with Gasteiger partial charge >= 0.3 is 5.97 Å². The van der Waals surface area contributed by atoms with Crippen LogP contribution in [0.1, 0.15) is 13.3 Å². The average molecular weight is 221 g/mol. The average Bonchev–Trinajstić information content (AvgIpc) is 2.20. The van der Waals surface area contributed by atoms with Crippen molar-refractivity contribution in [1.82, 2.24) is 0 Å². The third kappa shape index (κ3) is 7.17. The second kappa shape index (κ2) is 9.30. The zero-order chi connectivity index (χ0) is 10.8. The molecule has 0 saturated carbocycles. The van der Waals surface area contributed by atoms with Crippen LogP contribution in [0.4, 0.5) is 0 Å². The smallest absolute Gasteiger partial charge is 0.323 e. The Morgan fingerprint density at radius 3 is 2.79 bits per heavy atom. The van der Waals surface area contributed by atoms with Crippen LogP contribution in [-0.2, 0) is 14.3 Å². The summed E-state index contributed by atoms with van der Waals surface area (Å²) in [5.41, 5.74) is 5.59. The Morgan fingerprint density at radius 2 is 2.21 bits per heavy atom. The van der Waals surface area contributed by atoms with E-state index in [9.17, 15) is 4.79 Å². The lowest BCUT2D eigenvalue weighted by atomic mass is 10.2. The van der Waals surface area contributed by atoms with Gasteiger partial charge < -0.3 is 15.2 Å². The lowest BCUT2D eigenvalue weighted by Gasteiger charge is -2.10. The van der Waals surface area contributed by atoms with E-state index in [1.54, 1.807) is 11.8 Å². The van der Waals surface area contributed by atoms with Crippen molar-refractivity contribution in [1.29, 1.82) is 0 Å². The van der Waals surface area contributed by atoms with Crippen molar-refractivity contribution in [2.45, 2.75) is 19.4 Å². The van der Waals surface area contributed by atoms with E-state index in [1.807, 2.05) is 13.2 Å². The number of rotatable bonds is 8. The van der Waals surface area contributed by atoms with Gasteiger partial charge in [-0.15, -0.1) is 0 Å². The molecule has 0 unspecified atom stereocenters. The number of hydrogen-bond acceptors (Lipinski definition) is 5. The molecule has 84 valence electrons. The summed E-state index contributed by atoms with van der Waals surface area (Å²) in [4.78, 5) is 11.2. The highest BCUT2D eigenvalue weighted by atomic mass is 32.2. The first-order chi connectivity index (χ1) is 6.72. The monoisotopic (exact) mass is 221 g/mol. The van der Waals surface area contributed by atoms with Crippen LogP contribution in [0.2, 0.25) is 0 Å². The molecule has 0 aliphatic heterocycles. The fourth-order valence-electron chi connectivity index (χ4n) is 0.815. The summed E-state index contributed by atoms with van der Waals surface area (Å²) in [7, 11) is 0. The molecule has 0 aliphatic rings. The maximum Gasteiger partial charge on any atom is 0.323 e. The molecule has 1 atom stereocenters. The molecule has 5 heteroatoms. The minimum atomic E-state index is -0.496. The summed E-state index contributed by atoms with van der Waals surface area (Å²) < 4.78 is 9.93. The minimum absolute atomic E-state index is 0.291. The highest BCUT2D eigenvalue weighted by Gasteiger charge is 2.13. The van der Waals surface area contributed by atoms with E-state index in [4.69, 9.17) is 15.2 Å². The summed E-state index contributed by atoms with van der Waals surface area (Å²) >= 11 is 1.67. The lowest BCUT2D eigenvalue weighted by Crippen LogP contribution is -2.33. The number of nitrogens with two attached hydrogens (primary N) is 1. The van der Waals surface area contributed by atoms with E-state index in [0.717, 1.165) is 5.75 Å². The van der Waals surface area contributed by atoms with Crippen molar-refractivity contribution in [2.24, 2.45) is 5.73 Å². The third-order valence-corrected chi connectivity index (χ3v) is 2.26. The number of thioether (sulfide) groups is 1. The Balaban J connectivity index is 3.42. The van der Waals surface area contributed by atoms with Gasteiger partial charge in [0.05, 0.1) is 6.61 Å². The van der Waals surface area contributed by atoms with Crippen LogP contribution in [0.15, 0.2) is 0 Å².